The summed E-state index contributed by atoms with van der Waals surface area (Å²) in [7, 11) is 0. The minimum atomic E-state index is -0.281. The van der Waals surface area contributed by atoms with Gasteiger partial charge in [0.25, 0.3) is 0 Å². The fourth-order valence-corrected chi connectivity index (χ4v) is 7.16. The molecule has 34 heavy (non-hydrogen) atoms. The van der Waals surface area contributed by atoms with E-state index in [1.165, 1.54) is 37.5 Å². The molecule has 1 aromatic carbocycles. The summed E-state index contributed by atoms with van der Waals surface area (Å²) in [6, 6.07) is 4.63. The third-order valence-electron chi connectivity index (χ3n) is 8.58. The first-order valence-electron chi connectivity index (χ1n) is 13.0. The van der Waals surface area contributed by atoms with Gasteiger partial charge in [-0.05, 0) is 74.3 Å². The zero-order valence-electron chi connectivity index (χ0n) is 19.9. The molecule has 6 atom stereocenters. The van der Waals surface area contributed by atoms with Crippen LogP contribution < -0.4 is 0 Å². The van der Waals surface area contributed by atoms with E-state index in [2.05, 4.69) is 31.2 Å². The lowest BCUT2D eigenvalue weighted by atomic mass is 9.52. The van der Waals surface area contributed by atoms with Gasteiger partial charge in [0, 0.05) is 30.7 Å². The predicted octanol–water partition coefficient (Wildman–Crippen LogP) is 5.94. The number of phenolic OH excluding ortho intramolecular Hbond substituents is 2. The quantitative estimate of drug-likeness (QED) is 0.537. The molecule has 0 bridgehead atoms. The maximum atomic E-state index is 10.5. The molecule has 0 radical (unpaired) electrons. The Morgan fingerprint density at radius 3 is 2.82 bits per heavy atom. The molecule has 2 saturated carbocycles. The summed E-state index contributed by atoms with van der Waals surface area (Å²) in [5.74, 6) is 3.52. The first-order valence-corrected chi connectivity index (χ1v) is 13.0. The highest BCUT2D eigenvalue weighted by atomic mass is 16.5. The third kappa shape index (κ3) is 3.74. The van der Waals surface area contributed by atoms with Crippen molar-refractivity contribution in [1.82, 2.24) is 0 Å². The van der Waals surface area contributed by atoms with Gasteiger partial charge in [0.15, 0.2) is 12.1 Å². The van der Waals surface area contributed by atoms with Crippen molar-refractivity contribution in [2.24, 2.45) is 39.6 Å². The molecule has 0 aromatic heterocycles. The summed E-state index contributed by atoms with van der Waals surface area (Å²) in [5, 5.41) is 20.3. The average Bonchev–Trinajstić information content (AvgIpc) is 2.85. The number of nitrogens with zero attached hydrogens (tertiary/aromatic N) is 2. The van der Waals surface area contributed by atoms with E-state index in [1.807, 2.05) is 0 Å². The molecular formula is C29H34N2O3. The minimum absolute atomic E-state index is 0.000350. The number of benzene rings is 1. The number of hydrogen-bond donors (Lipinski definition) is 2. The van der Waals surface area contributed by atoms with Crippen molar-refractivity contribution in [3.05, 3.63) is 59.2 Å². The van der Waals surface area contributed by atoms with E-state index >= 15 is 0 Å². The van der Waals surface area contributed by atoms with Gasteiger partial charge in [-0.1, -0.05) is 42.4 Å². The average molecular weight is 459 g/mol. The van der Waals surface area contributed by atoms with Crippen molar-refractivity contribution < 1.29 is 14.9 Å². The molecule has 0 saturated heterocycles. The van der Waals surface area contributed by atoms with Crippen LogP contribution in [0.2, 0.25) is 0 Å². The molecule has 2 N–H and O–H groups in total. The summed E-state index contributed by atoms with van der Waals surface area (Å²) < 4.78 is 6.11. The van der Waals surface area contributed by atoms with Crippen LogP contribution in [0.4, 0.5) is 0 Å². The SMILES string of the molecule is CCCOC1CC(C2CC=C3CCC4C=CC=C5CCC2C3C54)=NC(c2ccc(O)cc2O)=N1. The summed E-state index contributed by atoms with van der Waals surface area (Å²) in [6.45, 7) is 2.76. The van der Waals surface area contributed by atoms with Crippen molar-refractivity contribution in [3.8, 4) is 11.5 Å². The second-order valence-corrected chi connectivity index (χ2v) is 10.5. The number of phenols is 2. The standard InChI is InChI=1S/C29H34N2O3/c1-2-14-34-26-16-24(30-29(31-26)23-13-10-20(32)15-25(23)33)21-11-8-19-7-6-17-4-3-5-18-9-12-22(21)28(19)27(17)18/h3-5,8,10,13,15,17,21-22,26-28,32-33H,2,6-7,9,11-12,14,16H2,1H3. The van der Waals surface area contributed by atoms with Crippen LogP contribution in [0.3, 0.4) is 0 Å². The van der Waals surface area contributed by atoms with Crippen molar-refractivity contribution in [1.29, 1.82) is 0 Å². The largest absolute Gasteiger partial charge is 0.508 e. The van der Waals surface area contributed by atoms with Crippen LogP contribution in [0.15, 0.2) is 63.6 Å². The molecule has 2 fully saturated rings. The second kappa shape index (κ2) is 8.84. The summed E-state index contributed by atoms with van der Waals surface area (Å²) in [6.07, 6.45) is 17.0. The minimum Gasteiger partial charge on any atom is -0.508 e. The highest BCUT2D eigenvalue weighted by Gasteiger charge is 2.49. The number of hydrogen-bond acceptors (Lipinski definition) is 5. The molecule has 0 amide bonds. The lowest BCUT2D eigenvalue weighted by molar-refractivity contribution is 0.0615. The number of amidine groups is 1. The molecule has 0 spiro atoms. The van der Waals surface area contributed by atoms with E-state index in [1.54, 1.807) is 23.3 Å². The summed E-state index contributed by atoms with van der Waals surface area (Å²) in [5.41, 5.74) is 5.06. The molecule has 6 rings (SSSR count). The summed E-state index contributed by atoms with van der Waals surface area (Å²) in [4.78, 5) is 9.83. The van der Waals surface area contributed by atoms with Gasteiger partial charge in [-0.3, -0.25) is 0 Å². The number of aromatic hydroxyl groups is 2. The Hall–Kier alpha value is -2.66. The van der Waals surface area contributed by atoms with Crippen LogP contribution in [0.25, 0.3) is 0 Å². The van der Waals surface area contributed by atoms with E-state index in [9.17, 15) is 10.2 Å². The zero-order valence-corrected chi connectivity index (χ0v) is 19.9. The number of rotatable bonds is 5. The van der Waals surface area contributed by atoms with Gasteiger partial charge in [0.2, 0.25) is 0 Å². The first kappa shape index (κ1) is 21.8. The van der Waals surface area contributed by atoms with Gasteiger partial charge < -0.3 is 14.9 Å². The van der Waals surface area contributed by atoms with E-state index in [4.69, 9.17) is 14.7 Å². The Balaban J connectivity index is 1.36. The lowest BCUT2D eigenvalue weighted by Gasteiger charge is -2.53. The van der Waals surface area contributed by atoms with E-state index in [0.717, 1.165) is 19.3 Å². The molecule has 5 heteroatoms. The normalized spacial score (nSPS) is 33.9. The second-order valence-electron chi connectivity index (χ2n) is 10.5. The summed E-state index contributed by atoms with van der Waals surface area (Å²) >= 11 is 0. The molecule has 5 aliphatic rings. The van der Waals surface area contributed by atoms with Gasteiger partial charge in [-0.2, -0.15) is 0 Å². The molecule has 4 aliphatic carbocycles. The molecule has 6 unspecified atom stereocenters. The Morgan fingerprint density at radius 2 is 1.97 bits per heavy atom. The van der Waals surface area contributed by atoms with E-state index in [0.29, 0.717) is 47.6 Å². The topological polar surface area (TPSA) is 74.4 Å². The highest BCUT2D eigenvalue weighted by Crippen LogP contribution is 2.57. The zero-order chi connectivity index (χ0) is 23.2. The maximum absolute atomic E-state index is 10.5. The van der Waals surface area contributed by atoms with Crippen LogP contribution in [0.5, 0.6) is 11.5 Å². The molecule has 5 nitrogen and oxygen atoms in total. The first-order chi connectivity index (χ1) is 16.6. The van der Waals surface area contributed by atoms with Crippen molar-refractivity contribution in [2.45, 2.75) is 58.1 Å². The van der Waals surface area contributed by atoms with E-state index in [-0.39, 0.29) is 17.7 Å². The molecule has 1 aliphatic heterocycles. The fourth-order valence-electron chi connectivity index (χ4n) is 7.16. The van der Waals surface area contributed by atoms with Crippen molar-refractivity contribution in [3.63, 3.8) is 0 Å². The number of allylic oxidation sites excluding steroid dienone is 6. The van der Waals surface area contributed by atoms with E-state index < -0.39 is 0 Å². The van der Waals surface area contributed by atoms with Gasteiger partial charge in [-0.15, -0.1) is 0 Å². The van der Waals surface area contributed by atoms with Gasteiger partial charge >= 0.3 is 0 Å². The smallest absolute Gasteiger partial charge is 0.160 e. The molecule has 178 valence electrons. The van der Waals surface area contributed by atoms with Gasteiger partial charge in [-0.25, -0.2) is 9.98 Å². The number of aliphatic imine (C=N–C) groups is 2. The molecule has 1 heterocycles. The molecule has 1 aromatic rings. The van der Waals surface area contributed by atoms with Gasteiger partial charge in [0.1, 0.15) is 11.5 Å². The Bertz CT molecular complexity index is 1130. The lowest BCUT2D eigenvalue weighted by Crippen LogP contribution is -2.46. The Kier molecular flexibility index (Phi) is 5.68. The Morgan fingerprint density at radius 1 is 1.09 bits per heavy atom. The van der Waals surface area contributed by atoms with Crippen LogP contribution in [-0.2, 0) is 4.74 Å². The van der Waals surface area contributed by atoms with Crippen LogP contribution >= 0.6 is 0 Å². The maximum Gasteiger partial charge on any atom is 0.160 e. The van der Waals surface area contributed by atoms with Crippen LogP contribution in [0, 0.1) is 29.6 Å². The van der Waals surface area contributed by atoms with Crippen LogP contribution in [-0.4, -0.2) is 34.6 Å². The van der Waals surface area contributed by atoms with Crippen LogP contribution in [0.1, 0.15) is 57.4 Å². The number of ether oxygens (including phenoxy) is 1. The monoisotopic (exact) mass is 458 g/mol. The van der Waals surface area contributed by atoms with Crippen molar-refractivity contribution in [2.75, 3.05) is 6.61 Å². The predicted molar refractivity (Wildman–Crippen MR) is 134 cm³/mol. The van der Waals surface area contributed by atoms with Gasteiger partial charge in [0.05, 0.1) is 5.56 Å². The Labute approximate surface area is 201 Å². The third-order valence-corrected chi connectivity index (χ3v) is 8.58. The highest BCUT2D eigenvalue weighted by molar-refractivity contribution is 6.10. The van der Waals surface area contributed by atoms with Crippen molar-refractivity contribution >= 4 is 11.5 Å². The fraction of sp³-hybridized carbons (Fsp3) is 0.517. The molecular weight excluding hydrogens is 424 g/mol.